The third-order valence-electron chi connectivity index (χ3n) is 5.81. The summed E-state index contributed by atoms with van der Waals surface area (Å²) in [6, 6.07) is 9.86. The summed E-state index contributed by atoms with van der Waals surface area (Å²) in [5.41, 5.74) is 3.21. The van der Waals surface area contributed by atoms with Crippen LogP contribution in [-0.4, -0.2) is 34.8 Å². The molecule has 1 unspecified atom stereocenters. The Bertz CT molecular complexity index is 1260. The van der Waals surface area contributed by atoms with Crippen molar-refractivity contribution in [1.82, 2.24) is 14.9 Å². The Balaban J connectivity index is 1.32. The minimum absolute atomic E-state index is 0.149. The first-order valence-electron chi connectivity index (χ1n) is 11.3. The van der Waals surface area contributed by atoms with Gasteiger partial charge in [-0.1, -0.05) is 12.1 Å². The number of anilines is 1. The largest absolute Gasteiger partial charge is 0.497 e. The number of hydrogen-bond donors (Lipinski definition) is 2. The van der Waals surface area contributed by atoms with Crippen LogP contribution in [0.5, 0.6) is 5.75 Å². The van der Waals surface area contributed by atoms with Gasteiger partial charge in [0.05, 0.1) is 31.2 Å². The number of fused-ring (bicyclic) bond motifs is 1. The molecule has 0 fully saturated rings. The monoisotopic (exact) mass is 493 g/mol. The van der Waals surface area contributed by atoms with E-state index < -0.39 is 6.09 Å². The minimum atomic E-state index is -0.493. The Labute approximate surface area is 207 Å². The van der Waals surface area contributed by atoms with Gasteiger partial charge in [0.2, 0.25) is 5.91 Å². The van der Waals surface area contributed by atoms with Crippen molar-refractivity contribution in [3.05, 3.63) is 64.1 Å². The summed E-state index contributed by atoms with van der Waals surface area (Å²) in [7, 11) is 3.47. The van der Waals surface area contributed by atoms with E-state index in [1.807, 2.05) is 42.1 Å². The quantitative estimate of drug-likeness (QED) is 0.494. The Morgan fingerprint density at radius 1 is 1.37 bits per heavy atom. The molecule has 2 heterocycles. The zero-order valence-corrected chi connectivity index (χ0v) is 20.5. The second kappa shape index (κ2) is 11.1. The van der Waals surface area contributed by atoms with Crippen LogP contribution in [0.15, 0.2) is 36.8 Å². The maximum Gasteiger partial charge on any atom is 0.407 e. The molecule has 1 aliphatic carbocycles. The Morgan fingerprint density at radius 3 is 2.97 bits per heavy atom. The van der Waals surface area contributed by atoms with E-state index in [1.165, 1.54) is 11.3 Å². The Hall–Kier alpha value is -3.84. The van der Waals surface area contributed by atoms with Crippen LogP contribution < -0.4 is 15.4 Å². The first-order chi connectivity index (χ1) is 16.9. The molecule has 3 aromatic rings. The van der Waals surface area contributed by atoms with Gasteiger partial charge in [0.1, 0.15) is 22.9 Å². The molecule has 182 valence electrons. The van der Waals surface area contributed by atoms with Gasteiger partial charge in [0.25, 0.3) is 0 Å². The predicted molar refractivity (Wildman–Crippen MR) is 131 cm³/mol. The molecule has 0 saturated carbocycles. The zero-order chi connectivity index (χ0) is 24.8. The molecular weight excluding hydrogens is 466 g/mol. The number of alkyl carbamates (subject to hydrolysis) is 1. The highest BCUT2D eigenvalue weighted by Crippen LogP contribution is 2.38. The zero-order valence-electron chi connectivity index (χ0n) is 19.7. The lowest BCUT2D eigenvalue weighted by atomic mass is 9.94. The molecule has 1 atom stereocenters. The summed E-state index contributed by atoms with van der Waals surface area (Å²) in [4.78, 5) is 30.0. The van der Waals surface area contributed by atoms with Gasteiger partial charge in [-0.15, -0.1) is 11.3 Å². The highest BCUT2D eigenvalue weighted by molar-refractivity contribution is 7.16. The van der Waals surface area contributed by atoms with Crippen molar-refractivity contribution in [2.24, 2.45) is 7.05 Å². The van der Waals surface area contributed by atoms with Crippen LogP contribution >= 0.6 is 11.3 Å². The van der Waals surface area contributed by atoms with Crippen LogP contribution in [0.1, 0.15) is 40.1 Å². The van der Waals surface area contributed by atoms with E-state index in [9.17, 15) is 14.9 Å². The lowest BCUT2D eigenvalue weighted by Crippen LogP contribution is -2.31. The third kappa shape index (κ3) is 6.19. The normalized spacial score (nSPS) is 14.5. The Morgan fingerprint density at radius 2 is 2.23 bits per heavy atom. The average molecular weight is 494 g/mol. The van der Waals surface area contributed by atoms with Gasteiger partial charge in [-0.3, -0.25) is 4.79 Å². The van der Waals surface area contributed by atoms with Crippen LogP contribution in [-0.2, 0) is 42.4 Å². The van der Waals surface area contributed by atoms with Gasteiger partial charge >= 0.3 is 6.09 Å². The number of carbonyl (C=O) groups excluding carboxylic acids is 2. The number of imidazole rings is 1. The fourth-order valence-electron chi connectivity index (χ4n) is 4.05. The van der Waals surface area contributed by atoms with E-state index in [1.54, 1.807) is 13.4 Å². The van der Waals surface area contributed by atoms with Gasteiger partial charge < -0.3 is 24.7 Å². The van der Waals surface area contributed by atoms with Crippen molar-refractivity contribution >= 4 is 28.3 Å². The Kier molecular flexibility index (Phi) is 7.67. The maximum atomic E-state index is 12.6. The number of ether oxygens (including phenoxy) is 2. The van der Waals surface area contributed by atoms with Crippen molar-refractivity contribution in [1.29, 1.82) is 5.26 Å². The first kappa shape index (κ1) is 24.3. The summed E-state index contributed by atoms with van der Waals surface area (Å²) >= 11 is 1.39. The lowest BCUT2D eigenvalue weighted by Gasteiger charge is -2.22. The standard InChI is InChI=1S/C25H27N5O4S/c1-30-14-17(28-15-30)13-27-25(32)34-19-7-8-20-21(12-26)24(35-22(20)11-19)29-23(31)9-6-16-4-3-5-18(10-16)33-2/h3-5,10,14-15,19H,6-9,11,13H2,1-2H3,(H,27,32)(H,29,31). The number of carbonyl (C=O) groups is 2. The number of aromatic nitrogens is 2. The van der Waals surface area contributed by atoms with Gasteiger partial charge in [-0.25, -0.2) is 9.78 Å². The topological polar surface area (TPSA) is 118 Å². The molecule has 0 radical (unpaired) electrons. The minimum Gasteiger partial charge on any atom is -0.497 e. The van der Waals surface area contributed by atoms with Crippen molar-refractivity contribution in [2.75, 3.05) is 12.4 Å². The molecule has 1 aromatic carbocycles. The van der Waals surface area contributed by atoms with Gasteiger partial charge in [-0.2, -0.15) is 5.26 Å². The van der Waals surface area contributed by atoms with Gasteiger partial charge in [0.15, 0.2) is 0 Å². The van der Waals surface area contributed by atoms with Crippen LogP contribution in [0.4, 0.5) is 9.80 Å². The summed E-state index contributed by atoms with van der Waals surface area (Å²) in [5, 5.41) is 15.9. The van der Waals surface area contributed by atoms with Crippen LogP contribution in [0.3, 0.4) is 0 Å². The summed E-state index contributed by atoms with van der Waals surface area (Å²) in [5.74, 6) is 0.604. The van der Waals surface area contributed by atoms with Gasteiger partial charge in [-0.05, 0) is 42.5 Å². The van der Waals surface area contributed by atoms with Crippen LogP contribution in [0, 0.1) is 11.3 Å². The fraction of sp³-hybridized carbons (Fsp3) is 0.360. The average Bonchev–Trinajstić information content (AvgIpc) is 3.43. The van der Waals surface area contributed by atoms with E-state index in [2.05, 4.69) is 21.7 Å². The number of rotatable bonds is 8. The van der Waals surface area contributed by atoms with E-state index in [-0.39, 0.29) is 12.0 Å². The molecule has 2 amide bonds. The fourth-order valence-corrected chi connectivity index (χ4v) is 5.33. The molecule has 10 heteroatoms. The van der Waals surface area contributed by atoms with Crippen molar-refractivity contribution in [2.45, 2.75) is 44.8 Å². The predicted octanol–water partition coefficient (Wildman–Crippen LogP) is 3.72. The molecule has 4 rings (SSSR count). The summed E-state index contributed by atoms with van der Waals surface area (Å²) in [6.07, 6.45) is 5.34. The van der Waals surface area contributed by atoms with E-state index in [0.717, 1.165) is 27.4 Å². The molecule has 35 heavy (non-hydrogen) atoms. The highest BCUT2D eigenvalue weighted by atomic mass is 32.1. The second-order valence-electron chi connectivity index (χ2n) is 8.37. The molecule has 0 saturated heterocycles. The summed E-state index contributed by atoms with van der Waals surface area (Å²) in [6.45, 7) is 0.293. The number of thiophene rings is 1. The molecular formula is C25H27N5O4S. The summed E-state index contributed by atoms with van der Waals surface area (Å²) < 4.78 is 12.6. The van der Waals surface area contributed by atoms with E-state index in [0.29, 0.717) is 49.2 Å². The van der Waals surface area contributed by atoms with E-state index in [4.69, 9.17) is 9.47 Å². The molecule has 0 aliphatic heterocycles. The number of nitrogens with one attached hydrogen (secondary N) is 2. The molecule has 2 aromatic heterocycles. The number of methoxy groups -OCH3 is 1. The van der Waals surface area contributed by atoms with Crippen molar-refractivity contribution in [3.63, 3.8) is 0 Å². The smallest absolute Gasteiger partial charge is 0.407 e. The number of amides is 2. The highest BCUT2D eigenvalue weighted by Gasteiger charge is 2.28. The van der Waals surface area contributed by atoms with E-state index >= 15 is 0 Å². The SMILES string of the molecule is COc1cccc(CCC(=O)Nc2sc3c(c2C#N)CCC(OC(=O)NCc2cn(C)cn2)C3)c1. The molecule has 1 aliphatic rings. The van der Waals surface area contributed by atoms with Crippen LogP contribution in [0.25, 0.3) is 0 Å². The molecule has 0 bridgehead atoms. The molecule has 9 nitrogen and oxygen atoms in total. The number of benzene rings is 1. The first-order valence-corrected chi connectivity index (χ1v) is 12.2. The van der Waals surface area contributed by atoms with Gasteiger partial charge in [0, 0.05) is 31.0 Å². The second-order valence-corrected chi connectivity index (χ2v) is 9.48. The third-order valence-corrected chi connectivity index (χ3v) is 6.98. The number of nitriles is 1. The number of aryl methyl sites for hydroxylation is 2. The molecule has 2 N–H and O–H groups in total. The van der Waals surface area contributed by atoms with Crippen molar-refractivity contribution in [3.8, 4) is 11.8 Å². The molecule has 0 spiro atoms. The number of hydrogen-bond acceptors (Lipinski definition) is 7. The van der Waals surface area contributed by atoms with Crippen LogP contribution in [0.2, 0.25) is 0 Å². The maximum absolute atomic E-state index is 12.6. The lowest BCUT2D eigenvalue weighted by molar-refractivity contribution is -0.116. The van der Waals surface area contributed by atoms with Crippen molar-refractivity contribution < 1.29 is 19.1 Å². The number of nitrogens with zero attached hydrogens (tertiary/aromatic N) is 3.